The Morgan fingerprint density at radius 1 is 0.955 bits per heavy atom. The van der Waals surface area contributed by atoms with E-state index in [0.717, 1.165) is 16.7 Å². The van der Waals surface area contributed by atoms with Crippen LogP contribution in [0.2, 0.25) is 0 Å². The van der Waals surface area contributed by atoms with Crippen molar-refractivity contribution in [3.8, 4) is 0 Å². The number of benzene rings is 2. The molecule has 114 valence electrons. The topological polar surface area (TPSA) is 58.2 Å². The second kappa shape index (κ2) is 6.89. The number of hydrogen-bond donors (Lipinski definition) is 2. The van der Waals surface area contributed by atoms with E-state index in [2.05, 4.69) is 10.6 Å². The van der Waals surface area contributed by atoms with Crippen LogP contribution in [0, 0.1) is 13.8 Å². The van der Waals surface area contributed by atoms with Gasteiger partial charge in [0.05, 0.1) is 6.04 Å². The van der Waals surface area contributed by atoms with Crippen molar-refractivity contribution >= 4 is 17.5 Å². The Balaban J connectivity index is 2.01. The van der Waals surface area contributed by atoms with Crippen LogP contribution in [0.5, 0.6) is 0 Å². The molecular weight excluding hydrogens is 276 g/mol. The van der Waals surface area contributed by atoms with Gasteiger partial charge in [0.25, 0.3) is 0 Å². The summed E-state index contributed by atoms with van der Waals surface area (Å²) < 4.78 is 0. The van der Waals surface area contributed by atoms with Crippen molar-refractivity contribution < 1.29 is 9.59 Å². The zero-order valence-electron chi connectivity index (χ0n) is 13.0. The number of hydrogen-bond acceptors (Lipinski definition) is 2. The van der Waals surface area contributed by atoms with E-state index < -0.39 is 11.8 Å². The molecule has 2 aromatic rings. The van der Waals surface area contributed by atoms with Crippen LogP contribution in [-0.4, -0.2) is 11.8 Å². The lowest BCUT2D eigenvalue weighted by Crippen LogP contribution is -2.37. The van der Waals surface area contributed by atoms with E-state index in [0.29, 0.717) is 5.69 Å². The Hall–Kier alpha value is -2.62. The molecule has 0 unspecified atom stereocenters. The Morgan fingerprint density at radius 2 is 1.64 bits per heavy atom. The first-order chi connectivity index (χ1) is 10.5. The number of carbonyl (C=O) groups excluding carboxylic acids is 2. The summed E-state index contributed by atoms with van der Waals surface area (Å²) in [4.78, 5) is 24.0. The fourth-order valence-electron chi connectivity index (χ4n) is 2.14. The quantitative estimate of drug-likeness (QED) is 0.855. The van der Waals surface area contributed by atoms with E-state index in [1.807, 2.05) is 69.3 Å². The van der Waals surface area contributed by atoms with Crippen molar-refractivity contribution in [2.75, 3.05) is 5.32 Å². The number of nitrogens with one attached hydrogen (secondary N) is 2. The summed E-state index contributed by atoms with van der Waals surface area (Å²) >= 11 is 0. The summed E-state index contributed by atoms with van der Waals surface area (Å²) in [5.74, 6) is -1.30. The first-order valence-electron chi connectivity index (χ1n) is 7.21. The van der Waals surface area contributed by atoms with Crippen LogP contribution in [-0.2, 0) is 9.59 Å². The second-order valence-electron chi connectivity index (χ2n) is 5.38. The molecule has 0 saturated carbocycles. The van der Waals surface area contributed by atoms with E-state index in [4.69, 9.17) is 0 Å². The zero-order chi connectivity index (χ0) is 16.1. The number of amides is 2. The minimum Gasteiger partial charge on any atom is -0.341 e. The monoisotopic (exact) mass is 296 g/mol. The van der Waals surface area contributed by atoms with Crippen molar-refractivity contribution in [3.63, 3.8) is 0 Å². The number of rotatable bonds is 3. The van der Waals surface area contributed by atoms with E-state index in [9.17, 15) is 9.59 Å². The lowest BCUT2D eigenvalue weighted by molar-refractivity contribution is -0.136. The van der Waals surface area contributed by atoms with Gasteiger partial charge >= 0.3 is 11.8 Å². The van der Waals surface area contributed by atoms with Crippen LogP contribution in [0.3, 0.4) is 0 Å². The van der Waals surface area contributed by atoms with E-state index >= 15 is 0 Å². The third-order valence-corrected chi connectivity index (χ3v) is 3.49. The van der Waals surface area contributed by atoms with Crippen LogP contribution < -0.4 is 10.6 Å². The Morgan fingerprint density at radius 3 is 2.32 bits per heavy atom. The molecule has 4 heteroatoms. The predicted molar refractivity (Wildman–Crippen MR) is 87.5 cm³/mol. The lowest BCUT2D eigenvalue weighted by Gasteiger charge is -2.14. The van der Waals surface area contributed by atoms with Gasteiger partial charge in [0, 0.05) is 5.69 Å². The third kappa shape index (κ3) is 3.95. The molecule has 22 heavy (non-hydrogen) atoms. The van der Waals surface area contributed by atoms with Gasteiger partial charge in [0.2, 0.25) is 0 Å². The molecular formula is C18H20N2O2. The van der Waals surface area contributed by atoms with Gasteiger partial charge in [-0.25, -0.2) is 0 Å². The molecule has 0 aliphatic rings. The summed E-state index contributed by atoms with van der Waals surface area (Å²) in [5.41, 5.74) is 3.56. The van der Waals surface area contributed by atoms with Crippen molar-refractivity contribution in [2.24, 2.45) is 0 Å². The van der Waals surface area contributed by atoms with Gasteiger partial charge in [-0.3, -0.25) is 9.59 Å². The first-order valence-corrected chi connectivity index (χ1v) is 7.21. The highest BCUT2D eigenvalue weighted by Crippen LogP contribution is 2.16. The highest BCUT2D eigenvalue weighted by molar-refractivity contribution is 6.39. The van der Waals surface area contributed by atoms with Gasteiger partial charge in [0.1, 0.15) is 0 Å². The standard InChI is InChI=1S/C18H20N2O2/c1-12-9-10-13(2)16(11-12)20-18(22)17(21)19-14(3)15-7-5-4-6-8-15/h4-11,14H,1-3H3,(H,19,21)(H,20,22)/t14-/m1/s1. The maximum atomic E-state index is 12.0. The maximum absolute atomic E-state index is 12.0. The summed E-state index contributed by atoms with van der Waals surface area (Å²) in [7, 11) is 0. The minimum atomic E-state index is -0.656. The average molecular weight is 296 g/mol. The normalized spacial score (nSPS) is 11.6. The molecule has 0 aliphatic carbocycles. The number of carbonyl (C=O) groups is 2. The third-order valence-electron chi connectivity index (χ3n) is 3.49. The fourth-order valence-corrected chi connectivity index (χ4v) is 2.14. The molecule has 0 fully saturated rings. The molecule has 0 heterocycles. The molecule has 2 N–H and O–H groups in total. The van der Waals surface area contributed by atoms with Crippen LogP contribution in [0.15, 0.2) is 48.5 Å². The van der Waals surface area contributed by atoms with Crippen molar-refractivity contribution in [1.29, 1.82) is 0 Å². The number of anilines is 1. The van der Waals surface area contributed by atoms with E-state index in [1.54, 1.807) is 0 Å². The summed E-state index contributed by atoms with van der Waals surface area (Å²) in [6.45, 7) is 5.67. The van der Waals surface area contributed by atoms with Gasteiger partial charge in [-0.15, -0.1) is 0 Å². The first kappa shape index (κ1) is 15.8. The van der Waals surface area contributed by atoms with E-state index in [-0.39, 0.29) is 6.04 Å². The molecule has 0 radical (unpaired) electrons. The Kier molecular flexibility index (Phi) is 4.94. The summed E-state index contributed by atoms with van der Waals surface area (Å²) in [5, 5.41) is 5.36. The number of aryl methyl sites for hydroxylation is 2. The van der Waals surface area contributed by atoms with Crippen LogP contribution >= 0.6 is 0 Å². The smallest absolute Gasteiger partial charge is 0.313 e. The average Bonchev–Trinajstić information content (AvgIpc) is 2.51. The molecule has 2 rings (SSSR count). The van der Waals surface area contributed by atoms with Crippen molar-refractivity contribution in [3.05, 3.63) is 65.2 Å². The van der Waals surface area contributed by atoms with Crippen LogP contribution in [0.4, 0.5) is 5.69 Å². The van der Waals surface area contributed by atoms with Gasteiger partial charge in [0.15, 0.2) is 0 Å². The van der Waals surface area contributed by atoms with Crippen LogP contribution in [0.25, 0.3) is 0 Å². The molecule has 0 spiro atoms. The lowest BCUT2D eigenvalue weighted by atomic mass is 10.1. The predicted octanol–water partition coefficient (Wildman–Crippen LogP) is 3.12. The second-order valence-corrected chi connectivity index (χ2v) is 5.38. The molecule has 4 nitrogen and oxygen atoms in total. The SMILES string of the molecule is Cc1ccc(C)c(NC(=O)C(=O)N[C@H](C)c2ccccc2)c1. The van der Waals surface area contributed by atoms with Crippen molar-refractivity contribution in [2.45, 2.75) is 26.8 Å². The van der Waals surface area contributed by atoms with Gasteiger partial charge in [-0.2, -0.15) is 0 Å². The molecule has 1 atom stereocenters. The maximum Gasteiger partial charge on any atom is 0.313 e. The highest BCUT2D eigenvalue weighted by atomic mass is 16.2. The molecule has 0 bridgehead atoms. The molecule has 0 aromatic heterocycles. The highest BCUT2D eigenvalue weighted by Gasteiger charge is 2.17. The van der Waals surface area contributed by atoms with E-state index in [1.165, 1.54) is 0 Å². The van der Waals surface area contributed by atoms with Gasteiger partial charge in [-0.1, -0.05) is 42.5 Å². The Labute approximate surface area is 130 Å². The van der Waals surface area contributed by atoms with Crippen molar-refractivity contribution in [1.82, 2.24) is 5.32 Å². The molecule has 2 amide bonds. The fraction of sp³-hybridized carbons (Fsp3) is 0.222. The molecule has 0 aliphatic heterocycles. The summed E-state index contributed by atoms with van der Waals surface area (Å²) in [6, 6.07) is 15.0. The molecule has 2 aromatic carbocycles. The zero-order valence-corrected chi connectivity index (χ0v) is 13.0. The summed E-state index contributed by atoms with van der Waals surface area (Å²) in [6.07, 6.45) is 0. The molecule has 0 saturated heterocycles. The van der Waals surface area contributed by atoms with Gasteiger partial charge < -0.3 is 10.6 Å². The largest absolute Gasteiger partial charge is 0.341 e. The van der Waals surface area contributed by atoms with Crippen LogP contribution in [0.1, 0.15) is 29.7 Å². The minimum absolute atomic E-state index is 0.224. The Bertz CT molecular complexity index is 681. The van der Waals surface area contributed by atoms with Gasteiger partial charge in [-0.05, 0) is 43.5 Å².